The summed E-state index contributed by atoms with van der Waals surface area (Å²) < 4.78 is 20.1. The number of hydrogen-bond donors (Lipinski definition) is 0. The summed E-state index contributed by atoms with van der Waals surface area (Å²) in [6.45, 7) is 0. The molecule has 0 saturated carbocycles. The lowest BCUT2D eigenvalue weighted by molar-refractivity contribution is 0.627. The smallest absolute Gasteiger partial charge is 0.216 e. The van der Waals surface area contributed by atoms with Crippen LogP contribution in [0.5, 0.6) is 0 Å². The van der Waals surface area contributed by atoms with E-state index in [1.165, 1.54) is 0 Å². The predicted octanol–water partition coefficient (Wildman–Crippen LogP) is -0.0888. The molecule has 0 spiro atoms. The Morgan fingerprint density at radius 2 is 2.40 bits per heavy atom. The maximum absolute atomic E-state index is 10.1. The van der Waals surface area contributed by atoms with Crippen molar-refractivity contribution in [3.05, 3.63) is 30.1 Å². The standard InChI is InChI=1S/C6H4NO2S/c8-10(9)5-6-3-1-2-4-7-6/h1-3,5H. The van der Waals surface area contributed by atoms with Gasteiger partial charge in [0, 0.05) is 0 Å². The van der Waals surface area contributed by atoms with Gasteiger partial charge in [-0.05, 0) is 12.1 Å². The summed E-state index contributed by atoms with van der Waals surface area (Å²) in [5.41, 5.74) is 0.399. The summed E-state index contributed by atoms with van der Waals surface area (Å²) in [7, 11) is -2.17. The van der Waals surface area contributed by atoms with Crippen molar-refractivity contribution >= 4 is 15.7 Å². The number of rotatable bonds is 1. The Bertz CT molecular complexity index is 320. The molecule has 3 nitrogen and oxygen atoms in total. The van der Waals surface area contributed by atoms with E-state index in [2.05, 4.69) is 11.2 Å². The Morgan fingerprint density at radius 1 is 1.60 bits per heavy atom. The second-order valence-corrected chi connectivity index (χ2v) is 2.33. The number of hydrogen-bond acceptors (Lipinski definition) is 3. The second-order valence-electron chi connectivity index (χ2n) is 1.57. The van der Waals surface area contributed by atoms with Gasteiger partial charge in [-0.2, -0.15) is 8.42 Å². The molecule has 4 heteroatoms. The fraction of sp³-hybridized carbons (Fsp3) is 0. The second kappa shape index (κ2) is 3.12. The highest BCUT2D eigenvalue weighted by Crippen LogP contribution is 1.85. The van der Waals surface area contributed by atoms with Crippen LogP contribution < -0.4 is 0 Å². The zero-order valence-electron chi connectivity index (χ0n) is 4.98. The molecule has 10 heavy (non-hydrogen) atoms. The van der Waals surface area contributed by atoms with E-state index < -0.39 is 10.3 Å². The van der Waals surface area contributed by atoms with Gasteiger partial charge in [0.15, 0.2) is 0 Å². The monoisotopic (exact) mass is 154 g/mol. The van der Waals surface area contributed by atoms with E-state index in [0.717, 1.165) is 5.37 Å². The zero-order valence-corrected chi connectivity index (χ0v) is 5.80. The molecule has 0 unspecified atom stereocenters. The average molecular weight is 154 g/mol. The van der Waals surface area contributed by atoms with Gasteiger partial charge in [0.25, 0.3) is 0 Å². The lowest BCUT2D eigenvalue weighted by Gasteiger charge is -1.82. The van der Waals surface area contributed by atoms with E-state index in [0.29, 0.717) is 5.69 Å². The molecule has 0 atom stereocenters. The lowest BCUT2D eigenvalue weighted by atomic mass is 10.4. The zero-order chi connectivity index (χ0) is 7.40. The first-order valence-electron chi connectivity index (χ1n) is 2.55. The van der Waals surface area contributed by atoms with E-state index >= 15 is 0 Å². The summed E-state index contributed by atoms with van der Waals surface area (Å²) >= 11 is 0. The van der Waals surface area contributed by atoms with Crippen LogP contribution in [-0.4, -0.2) is 18.8 Å². The first-order chi connectivity index (χ1) is 4.79. The van der Waals surface area contributed by atoms with Gasteiger partial charge in [-0.25, -0.2) is 4.98 Å². The average Bonchev–Trinajstić information content (AvgIpc) is 1.88. The van der Waals surface area contributed by atoms with Crippen LogP contribution in [-0.2, 0) is 10.3 Å². The van der Waals surface area contributed by atoms with Crippen LogP contribution in [0.3, 0.4) is 0 Å². The summed E-state index contributed by atoms with van der Waals surface area (Å²) in [5.74, 6) is 0. The SMILES string of the molecule is O=S(=O)=Cc1ccc[c]n1. The molecular weight excluding hydrogens is 150 g/mol. The minimum Gasteiger partial charge on any atom is -0.246 e. The van der Waals surface area contributed by atoms with Crippen LogP contribution in [0.25, 0.3) is 0 Å². The summed E-state index contributed by atoms with van der Waals surface area (Å²) in [6.07, 6.45) is 2.51. The lowest BCUT2D eigenvalue weighted by Crippen LogP contribution is -1.84. The van der Waals surface area contributed by atoms with Crippen LogP contribution in [0.1, 0.15) is 5.69 Å². The molecule has 0 bridgehead atoms. The van der Waals surface area contributed by atoms with E-state index in [-0.39, 0.29) is 0 Å². The fourth-order valence-electron chi connectivity index (χ4n) is 0.503. The molecule has 0 aliphatic heterocycles. The van der Waals surface area contributed by atoms with Crippen LogP contribution in [0.15, 0.2) is 18.2 Å². The van der Waals surface area contributed by atoms with Crippen molar-refractivity contribution in [2.45, 2.75) is 0 Å². The van der Waals surface area contributed by atoms with Crippen LogP contribution in [0.4, 0.5) is 0 Å². The third kappa shape index (κ3) is 1.99. The molecule has 1 rings (SSSR count). The largest absolute Gasteiger partial charge is 0.246 e. The van der Waals surface area contributed by atoms with Crippen molar-refractivity contribution in [2.24, 2.45) is 0 Å². The Balaban J connectivity index is 3.10. The van der Waals surface area contributed by atoms with Crippen LogP contribution in [0, 0.1) is 6.20 Å². The number of aromatic nitrogens is 1. The molecule has 0 N–H and O–H groups in total. The molecule has 0 aromatic carbocycles. The Labute approximate surface area is 59.9 Å². The molecule has 0 amide bonds. The van der Waals surface area contributed by atoms with Gasteiger partial charge in [0.05, 0.1) is 17.3 Å². The molecule has 51 valence electrons. The molecule has 0 saturated heterocycles. The highest BCUT2D eigenvalue weighted by atomic mass is 32.2. The normalized spacial score (nSPS) is 8.80. The van der Waals surface area contributed by atoms with Crippen LogP contribution >= 0.6 is 0 Å². The minimum atomic E-state index is -2.17. The Kier molecular flexibility index (Phi) is 2.17. The van der Waals surface area contributed by atoms with Gasteiger partial charge in [0.2, 0.25) is 10.3 Å². The molecule has 0 aliphatic rings. The molecule has 1 heterocycles. The first kappa shape index (κ1) is 6.95. The summed E-state index contributed by atoms with van der Waals surface area (Å²) in [5, 5.41) is 1.02. The van der Waals surface area contributed by atoms with Crippen molar-refractivity contribution in [1.29, 1.82) is 0 Å². The predicted molar refractivity (Wildman–Crippen MR) is 37.2 cm³/mol. The van der Waals surface area contributed by atoms with Gasteiger partial charge < -0.3 is 0 Å². The van der Waals surface area contributed by atoms with Crippen molar-refractivity contribution in [3.63, 3.8) is 0 Å². The van der Waals surface area contributed by atoms with E-state index in [1.54, 1.807) is 18.2 Å². The van der Waals surface area contributed by atoms with Crippen molar-refractivity contribution in [3.8, 4) is 0 Å². The van der Waals surface area contributed by atoms with E-state index in [1.807, 2.05) is 0 Å². The molecular formula is C6H4NO2S. The van der Waals surface area contributed by atoms with E-state index in [4.69, 9.17) is 0 Å². The van der Waals surface area contributed by atoms with Gasteiger partial charge >= 0.3 is 0 Å². The quantitative estimate of drug-likeness (QED) is 0.531. The van der Waals surface area contributed by atoms with Crippen molar-refractivity contribution in [2.75, 3.05) is 0 Å². The highest BCUT2D eigenvalue weighted by molar-refractivity contribution is 7.71. The Morgan fingerprint density at radius 3 is 2.90 bits per heavy atom. The van der Waals surface area contributed by atoms with Crippen LogP contribution in [0.2, 0.25) is 0 Å². The maximum Gasteiger partial charge on any atom is 0.216 e. The molecule has 1 aromatic heterocycles. The third-order valence-electron chi connectivity index (χ3n) is 0.848. The summed E-state index contributed by atoms with van der Waals surface area (Å²) in [6, 6.07) is 4.86. The molecule has 1 aromatic rings. The topological polar surface area (TPSA) is 47.0 Å². The number of pyridine rings is 1. The third-order valence-corrected chi connectivity index (χ3v) is 1.28. The highest BCUT2D eigenvalue weighted by Gasteiger charge is 1.84. The first-order valence-corrected chi connectivity index (χ1v) is 3.69. The van der Waals surface area contributed by atoms with Gasteiger partial charge in [-0.15, -0.1) is 0 Å². The van der Waals surface area contributed by atoms with E-state index in [9.17, 15) is 8.42 Å². The van der Waals surface area contributed by atoms with Gasteiger partial charge in [-0.1, -0.05) is 6.07 Å². The Hall–Kier alpha value is -1.16. The summed E-state index contributed by atoms with van der Waals surface area (Å²) in [4.78, 5) is 3.65. The molecule has 1 radical (unpaired) electrons. The molecule has 0 fully saturated rings. The fourth-order valence-corrected chi connectivity index (χ4v) is 0.831. The maximum atomic E-state index is 10.1. The van der Waals surface area contributed by atoms with Crippen molar-refractivity contribution < 1.29 is 8.42 Å². The minimum absolute atomic E-state index is 0.399. The van der Waals surface area contributed by atoms with Gasteiger partial charge in [-0.3, -0.25) is 0 Å². The number of nitrogens with zero attached hydrogens (tertiary/aromatic N) is 1. The van der Waals surface area contributed by atoms with Crippen molar-refractivity contribution in [1.82, 2.24) is 4.98 Å². The molecule has 0 aliphatic carbocycles. The van der Waals surface area contributed by atoms with Gasteiger partial charge in [0.1, 0.15) is 0 Å².